The first kappa shape index (κ1) is 68.1. The van der Waals surface area contributed by atoms with Crippen LogP contribution in [0.3, 0.4) is 0 Å². The smallest absolute Gasteiger partial charge is 0.462 e. The number of ether oxygens (including phenoxy) is 4. The van der Waals surface area contributed by atoms with Gasteiger partial charge in [-0.05, 0) is 25.7 Å². The molecule has 17 nitrogen and oxygen atoms in total. The third-order valence-corrected chi connectivity index (χ3v) is 13.5. The van der Waals surface area contributed by atoms with E-state index >= 15 is 0 Å². The maximum atomic E-state index is 12.8. The Labute approximate surface area is 422 Å². The average Bonchev–Trinajstić information content (AvgIpc) is 3.33. The van der Waals surface area contributed by atoms with Crippen molar-refractivity contribution < 1.29 is 80.2 Å². The Morgan fingerprint density at radius 1 is 0.343 bits per heavy atom. The fourth-order valence-electron chi connectivity index (χ4n) is 7.34. The van der Waals surface area contributed by atoms with E-state index in [1.54, 1.807) is 0 Å². The van der Waals surface area contributed by atoms with Gasteiger partial charge in [0.15, 0.2) is 12.2 Å². The number of phosphoric ester groups is 2. The van der Waals surface area contributed by atoms with Crippen LogP contribution >= 0.6 is 15.6 Å². The minimum atomic E-state index is -4.92. The van der Waals surface area contributed by atoms with Gasteiger partial charge in [-0.25, -0.2) is 9.13 Å². The third-order valence-electron chi connectivity index (χ3n) is 11.6. The quantitative estimate of drug-likeness (QED) is 0.0222. The van der Waals surface area contributed by atoms with Gasteiger partial charge < -0.3 is 33.8 Å². The fraction of sp³-hybridized carbons (Fsp3) is 0.922. The Bertz CT molecular complexity index is 1390. The van der Waals surface area contributed by atoms with Crippen molar-refractivity contribution in [1.82, 2.24) is 0 Å². The van der Waals surface area contributed by atoms with Crippen molar-refractivity contribution in [3.63, 3.8) is 0 Å². The van der Waals surface area contributed by atoms with E-state index in [0.29, 0.717) is 25.7 Å². The van der Waals surface area contributed by atoms with Crippen LogP contribution in [0.25, 0.3) is 0 Å². The molecule has 0 aliphatic heterocycles. The van der Waals surface area contributed by atoms with Gasteiger partial charge in [-0.2, -0.15) is 0 Å². The number of carbonyl (C=O) groups is 4. The van der Waals surface area contributed by atoms with Crippen molar-refractivity contribution in [2.24, 2.45) is 0 Å². The first-order valence-electron chi connectivity index (χ1n) is 27.3. The Morgan fingerprint density at radius 2 is 0.571 bits per heavy atom. The van der Waals surface area contributed by atoms with Crippen molar-refractivity contribution >= 4 is 39.5 Å². The molecule has 0 aliphatic carbocycles. The summed E-state index contributed by atoms with van der Waals surface area (Å²) in [4.78, 5) is 70.7. The van der Waals surface area contributed by atoms with E-state index in [9.17, 15) is 43.2 Å². The zero-order valence-electron chi connectivity index (χ0n) is 44.0. The summed E-state index contributed by atoms with van der Waals surface area (Å²) >= 11 is 0. The molecule has 2 unspecified atom stereocenters. The first-order chi connectivity index (χ1) is 33.7. The van der Waals surface area contributed by atoms with Crippen molar-refractivity contribution in [2.75, 3.05) is 39.6 Å². The first-order valence-corrected chi connectivity index (χ1v) is 30.3. The van der Waals surface area contributed by atoms with Gasteiger partial charge in [0.25, 0.3) is 0 Å². The van der Waals surface area contributed by atoms with Gasteiger partial charge in [-0.15, -0.1) is 0 Å². The number of unbranched alkanes of at least 4 members (excludes halogenated alkanes) is 26. The molecule has 0 saturated heterocycles. The predicted octanol–water partition coefficient (Wildman–Crippen LogP) is 12.9. The molecule has 0 radical (unpaired) electrons. The molecule has 3 N–H and O–H groups in total. The highest BCUT2D eigenvalue weighted by molar-refractivity contribution is 7.47. The van der Waals surface area contributed by atoms with E-state index < -0.39 is 97.5 Å². The molecule has 0 heterocycles. The van der Waals surface area contributed by atoms with Crippen LogP contribution in [-0.4, -0.2) is 96.7 Å². The van der Waals surface area contributed by atoms with Crippen LogP contribution in [0.2, 0.25) is 0 Å². The third kappa shape index (κ3) is 45.9. The number of carbonyl (C=O) groups excluding carboxylic acids is 4. The minimum absolute atomic E-state index is 0.0943. The highest BCUT2D eigenvalue weighted by Crippen LogP contribution is 2.45. The summed E-state index contributed by atoms with van der Waals surface area (Å²) in [7, 11) is -9.83. The highest BCUT2D eigenvalue weighted by atomic mass is 31.2. The Balaban J connectivity index is 5.04. The van der Waals surface area contributed by atoms with Crippen molar-refractivity contribution in [1.29, 1.82) is 0 Å². The van der Waals surface area contributed by atoms with E-state index in [0.717, 1.165) is 83.5 Å². The topological polar surface area (TPSA) is 237 Å². The molecule has 0 rings (SSSR count). The summed E-state index contributed by atoms with van der Waals surface area (Å²) in [5.74, 6) is -2.20. The molecule has 0 spiro atoms. The lowest BCUT2D eigenvalue weighted by Gasteiger charge is -2.21. The number of phosphoric acid groups is 2. The lowest BCUT2D eigenvalue weighted by atomic mass is 10.0. The Kier molecular flexibility index (Phi) is 45.5. The molecule has 0 amide bonds. The largest absolute Gasteiger partial charge is 0.472 e. The van der Waals surface area contributed by atoms with Crippen molar-refractivity contribution in [3.8, 4) is 0 Å². The maximum Gasteiger partial charge on any atom is 0.472 e. The van der Waals surface area contributed by atoms with Gasteiger partial charge in [0.1, 0.15) is 19.3 Å². The number of hydrogen-bond donors (Lipinski definition) is 3. The van der Waals surface area contributed by atoms with E-state index in [2.05, 4.69) is 13.8 Å². The normalized spacial score (nSPS) is 14.6. The second-order valence-electron chi connectivity index (χ2n) is 18.6. The summed E-state index contributed by atoms with van der Waals surface area (Å²) in [5, 5.41) is 10.4. The van der Waals surface area contributed by atoms with E-state index in [1.807, 2.05) is 13.8 Å². The van der Waals surface area contributed by atoms with E-state index in [-0.39, 0.29) is 25.7 Å². The fourth-order valence-corrected chi connectivity index (χ4v) is 8.91. The summed E-state index contributed by atoms with van der Waals surface area (Å²) in [6, 6.07) is 0. The van der Waals surface area contributed by atoms with E-state index in [4.69, 9.17) is 37.0 Å². The molecular weight excluding hydrogens is 946 g/mol. The van der Waals surface area contributed by atoms with Crippen LogP contribution < -0.4 is 0 Å². The summed E-state index contributed by atoms with van der Waals surface area (Å²) in [5.41, 5.74) is 0. The average molecular weight is 1050 g/mol. The SMILES string of the molecule is CCCCCCCCCCCCCCCCCC(=O)O[C@H](COC(=O)CCCCCCCCCC)COP(=O)(O)OC[C@H](O)COP(=O)(O)OC[C@@H](COC(=O)CCCCC)OC(=O)CCCCCC. The second kappa shape index (κ2) is 46.8. The minimum Gasteiger partial charge on any atom is -0.462 e. The van der Waals surface area contributed by atoms with Gasteiger partial charge in [0.05, 0.1) is 26.4 Å². The summed E-state index contributed by atoms with van der Waals surface area (Å²) in [6.07, 6.45) is 28.1. The van der Waals surface area contributed by atoms with Crippen LogP contribution in [0, 0.1) is 0 Å². The Hall–Kier alpha value is -1.94. The molecule has 0 aliphatic rings. The molecule has 0 aromatic heterocycles. The Morgan fingerprint density at radius 3 is 0.886 bits per heavy atom. The molecule has 0 saturated carbocycles. The number of aliphatic hydroxyl groups is 1. The van der Waals surface area contributed by atoms with Gasteiger partial charge in [-0.1, -0.05) is 195 Å². The standard InChI is InChI=1S/C51H98O17P2/c1-5-9-13-16-18-20-21-22-23-24-25-26-28-30-34-38-51(56)68-47(42-62-49(54)36-33-29-27-19-17-14-10-6-2)44-66-70(59,60)64-40-45(52)39-63-69(57,58)65-43-46(41-61-48(53)35-31-12-8-4)67-50(55)37-32-15-11-7-3/h45-47,52H,5-44H2,1-4H3,(H,57,58)(H,59,60)/t45-,46-,47-/m1/s1. The maximum absolute atomic E-state index is 12.8. The predicted molar refractivity (Wildman–Crippen MR) is 271 cm³/mol. The van der Waals surface area contributed by atoms with Crippen LogP contribution in [-0.2, 0) is 65.4 Å². The molecule has 0 bridgehead atoms. The van der Waals surface area contributed by atoms with Crippen LogP contribution in [0.1, 0.15) is 246 Å². The molecule has 5 atom stereocenters. The molecule has 0 aromatic rings. The molecule has 414 valence electrons. The van der Waals surface area contributed by atoms with Crippen LogP contribution in [0.15, 0.2) is 0 Å². The molecule has 19 heteroatoms. The van der Waals surface area contributed by atoms with Gasteiger partial charge in [0.2, 0.25) is 0 Å². The second-order valence-corrected chi connectivity index (χ2v) is 21.5. The molecule has 70 heavy (non-hydrogen) atoms. The molecular formula is C51H98O17P2. The van der Waals surface area contributed by atoms with Crippen molar-refractivity contribution in [3.05, 3.63) is 0 Å². The van der Waals surface area contributed by atoms with Gasteiger partial charge >= 0.3 is 39.5 Å². The van der Waals surface area contributed by atoms with Crippen LogP contribution in [0.4, 0.5) is 0 Å². The number of hydrogen-bond acceptors (Lipinski definition) is 15. The number of esters is 4. The molecule has 0 aromatic carbocycles. The zero-order chi connectivity index (χ0) is 52.0. The molecule has 0 fully saturated rings. The number of aliphatic hydroxyl groups excluding tert-OH is 1. The van der Waals surface area contributed by atoms with Crippen LogP contribution in [0.5, 0.6) is 0 Å². The van der Waals surface area contributed by atoms with Gasteiger partial charge in [-0.3, -0.25) is 37.3 Å². The number of rotatable bonds is 52. The van der Waals surface area contributed by atoms with E-state index in [1.165, 1.54) is 83.5 Å². The lowest BCUT2D eigenvalue weighted by molar-refractivity contribution is -0.161. The summed E-state index contributed by atoms with van der Waals surface area (Å²) in [6.45, 7) is 4.45. The highest BCUT2D eigenvalue weighted by Gasteiger charge is 2.30. The lowest BCUT2D eigenvalue weighted by Crippen LogP contribution is -2.30. The van der Waals surface area contributed by atoms with Crippen molar-refractivity contribution in [2.45, 2.75) is 264 Å². The zero-order valence-corrected chi connectivity index (χ0v) is 45.8. The summed E-state index contributed by atoms with van der Waals surface area (Å²) < 4.78 is 66.7. The van der Waals surface area contributed by atoms with Gasteiger partial charge in [0, 0.05) is 25.7 Å². The monoisotopic (exact) mass is 1040 g/mol.